The van der Waals surface area contributed by atoms with Crippen molar-refractivity contribution in [3.63, 3.8) is 0 Å². The molecule has 0 unspecified atom stereocenters. The molecule has 1 heterocycles. The van der Waals surface area contributed by atoms with E-state index in [-0.39, 0.29) is 11.7 Å². The summed E-state index contributed by atoms with van der Waals surface area (Å²) in [6, 6.07) is 10.5. The highest BCUT2D eigenvalue weighted by Crippen LogP contribution is 2.34. The van der Waals surface area contributed by atoms with Gasteiger partial charge in [0.2, 0.25) is 0 Å². The lowest BCUT2D eigenvalue weighted by Crippen LogP contribution is -2.25. The van der Waals surface area contributed by atoms with Crippen LogP contribution in [0.5, 0.6) is 11.5 Å². The monoisotopic (exact) mass is 410 g/mol. The summed E-state index contributed by atoms with van der Waals surface area (Å²) in [7, 11) is 0. The minimum atomic E-state index is -0.550. The molecule has 0 aliphatic heterocycles. The first-order valence-electron chi connectivity index (χ1n) is 9.44. The standard InChI is InChI=1S/C22H23FN4O3/c1-2-30-21-11-19(16-6-4-14(23)10-20(16)28)27-18-9-13(3-5-17(18)21)22(29)26-8-7-15(25)12-24/h3-6,9-12,28H,2,7-8,24-25H2,1H3,(H,26,29)/b15-12-. The molecule has 0 fully saturated rings. The van der Waals surface area contributed by atoms with Crippen molar-refractivity contribution >= 4 is 16.8 Å². The van der Waals surface area contributed by atoms with E-state index in [4.69, 9.17) is 16.2 Å². The number of amides is 1. The smallest absolute Gasteiger partial charge is 0.251 e. The average molecular weight is 410 g/mol. The van der Waals surface area contributed by atoms with Gasteiger partial charge in [0.1, 0.15) is 17.3 Å². The van der Waals surface area contributed by atoms with Crippen LogP contribution in [-0.4, -0.2) is 29.1 Å². The molecule has 3 rings (SSSR count). The number of fused-ring (bicyclic) bond motifs is 1. The number of aromatic hydroxyl groups is 1. The van der Waals surface area contributed by atoms with Crippen molar-refractivity contribution in [2.45, 2.75) is 13.3 Å². The van der Waals surface area contributed by atoms with Crippen LogP contribution in [0.3, 0.4) is 0 Å². The Morgan fingerprint density at radius 2 is 2.07 bits per heavy atom. The zero-order valence-corrected chi connectivity index (χ0v) is 16.5. The van der Waals surface area contributed by atoms with Crippen LogP contribution in [0.15, 0.2) is 54.4 Å². The molecule has 0 bridgehead atoms. The van der Waals surface area contributed by atoms with Gasteiger partial charge >= 0.3 is 0 Å². The number of phenolic OH excluding ortho intramolecular Hbond substituents is 1. The van der Waals surface area contributed by atoms with Crippen LogP contribution in [0.4, 0.5) is 4.39 Å². The second-order valence-corrected chi connectivity index (χ2v) is 6.58. The number of hydrogen-bond donors (Lipinski definition) is 4. The summed E-state index contributed by atoms with van der Waals surface area (Å²) in [5.74, 6) is -0.513. The summed E-state index contributed by atoms with van der Waals surface area (Å²) < 4.78 is 19.1. The number of carbonyl (C=O) groups excluding carboxylic acids is 1. The number of nitrogens with one attached hydrogen (secondary N) is 1. The maximum absolute atomic E-state index is 13.4. The van der Waals surface area contributed by atoms with Crippen molar-refractivity contribution in [2.24, 2.45) is 11.5 Å². The first-order valence-corrected chi connectivity index (χ1v) is 9.44. The molecule has 8 heteroatoms. The minimum Gasteiger partial charge on any atom is -0.507 e. The number of nitrogens with zero attached hydrogens (tertiary/aromatic N) is 1. The molecule has 0 spiro atoms. The maximum Gasteiger partial charge on any atom is 0.251 e. The Bertz CT molecular complexity index is 1110. The highest BCUT2D eigenvalue weighted by atomic mass is 19.1. The van der Waals surface area contributed by atoms with E-state index in [1.165, 1.54) is 18.3 Å². The van der Waals surface area contributed by atoms with Crippen molar-refractivity contribution in [2.75, 3.05) is 13.2 Å². The third kappa shape index (κ3) is 4.60. The molecule has 156 valence electrons. The SMILES string of the molecule is CCOc1cc(-c2ccc(F)cc2O)nc2cc(C(=O)NCC/C(N)=C/N)ccc12. The van der Waals surface area contributed by atoms with Crippen molar-refractivity contribution in [3.05, 3.63) is 65.7 Å². The fraction of sp³-hybridized carbons (Fsp3) is 0.182. The Morgan fingerprint density at radius 1 is 1.27 bits per heavy atom. The Morgan fingerprint density at radius 3 is 2.77 bits per heavy atom. The molecule has 6 N–H and O–H groups in total. The Hall–Kier alpha value is -3.81. The third-order valence-corrected chi connectivity index (χ3v) is 4.48. The molecule has 0 aliphatic rings. The molecule has 1 aromatic heterocycles. The number of benzene rings is 2. The van der Waals surface area contributed by atoms with Gasteiger partial charge in [0, 0.05) is 53.5 Å². The topological polar surface area (TPSA) is 123 Å². The molecule has 2 aromatic carbocycles. The van der Waals surface area contributed by atoms with Gasteiger partial charge in [-0.15, -0.1) is 0 Å². The van der Waals surface area contributed by atoms with Gasteiger partial charge in [0.15, 0.2) is 0 Å². The summed E-state index contributed by atoms with van der Waals surface area (Å²) in [4.78, 5) is 17.0. The quantitative estimate of drug-likeness (QED) is 0.475. The maximum atomic E-state index is 13.4. The number of hydrogen-bond acceptors (Lipinski definition) is 6. The average Bonchev–Trinajstić information content (AvgIpc) is 2.73. The van der Waals surface area contributed by atoms with Crippen LogP contribution >= 0.6 is 0 Å². The lowest BCUT2D eigenvalue weighted by Gasteiger charge is -2.12. The number of nitrogens with two attached hydrogens (primary N) is 2. The van der Waals surface area contributed by atoms with Crippen molar-refractivity contribution in [3.8, 4) is 22.8 Å². The van der Waals surface area contributed by atoms with E-state index in [0.29, 0.717) is 58.7 Å². The molecule has 0 saturated heterocycles. The van der Waals surface area contributed by atoms with Gasteiger partial charge in [0.25, 0.3) is 5.91 Å². The number of carbonyl (C=O) groups is 1. The first-order chi connectivity index (χ1) is 14.4. The van der Waals surface area contributed by atoms with Crippen LogP contribution in [0.2, 0.25) is 0 Å². The molecule has 0 saturated carbocycles. The molecule has 1 amide bonds. The largest absolute Gasteiger partial charge is 0.507 e. The van der Waals surface area contributed by atoms with Gasteiger partial charge in [-0.25, -0.2) is 9.37 Å². The molecule has 3 aromatic rings. The zero-order valence-electron chi connectivity index (χ0n) is 16.5. The van der Waals surface area contributed by atoms with Crippen LogP contribution in [0, 0.1) is 5.82 Å². The van der Waals surface area contributed by atoms with Crippen LogP contribution < -0.4 is 21.5 Å². The van der Waals surface area contributed by atoms with E-state index in [0.717, 1.165) is 6.07 Å². The van der Waals surface area contributed by atoms with E-state index < -0.39 is 5.82 Å². The highest BCUT2D eigenvalue weighted by molar-refractivity contribution is 5.99. The van der Waals surface area contributed by atoms with Gasteiger partial charge in [-0.2, -0.15) is 0 Å². The lowest BCUT2D eigenvalue weighted by molar-refractivity contribution is 0.0954. The number of aromatic nitrogens is 1. The van der Waals surface area contributed by atoms with Gasteiger partial charge in [-0.3, -0.25) is 4.79 Å². The summed E-state index contributed by atoms with van der Waals surface area (Å²) in [5.41, 5.74) is 13.1. The number of ether oxygens (including phenoxy) is 1. The Kier molecular flexibility index (Phi) is 6.36. The molecule has 30 heavy (non-hydrogen) atoms. The lowest BCUT2D eigenvalue weighted by atomic mass is 10.1. The highest BCUT2D eigenvalue weighted by Gasteiger charge is 2.14. The van der Waals surface area contributed by atoms with Crippen LogP contribution in [0.25, 0.3) is 22.2 Å². The normalized spacial score (nSPS) is 11.5. The molecule has 0 atom stereocenters. The van der Waals surface area contributed by atoms with Crippen molar-refractivity contribution < 1.29 is 19.0 Å². The van der Waals surface area contributed by atoms with Gasteiger partial charge in [0.05, 0.1) is 17.8 Å². The third-order valence-electron chi connectivity index (χ3n) is 4.48. The molecule has 0 aliphatic carbocycles. The fourth-order valence-electron chi connectivity index (χ4n) is 2.98. The predicted molar refractivity (Wildman–Crippen MR) is 113 cm³/mol. The zero-order chi connectivity index (χ0) is 21.7. The summed E-state index contributed by atoms with van der Waals surface area (Å²) in [6.07, 6.45) is 1.74. The van der Waals surface area contributed by atoms with E-state index >= 15 is 0 Å². The van der Waals surface area contributed by atoms with Gasteiger partial charge < -0.3 is 26.6 Å². The van der Waals surface area contributed by atoms with E-state index in [1.807, 2.05) is 6.92 Å². The molecular formula is C22H23FN4O3. The molecule has 7 nitrogen and oxygen atoms in total. The fourth-order valence-corrected chi connectivity index (χ4v) is 2.98. The summed E-state index contributed by atoms with van der Waals surface area (Å²) >= 11 is 0. The van der Waals surface area contributed by atoms with Crippen LogP contribution in [0.1, 0.15) is 23.7 Å². The van der Waals surface area contributed by atoms with E-state index in [1.54, 1.807) is 24.3 Å². The second-order valence-electron chi connectivity index (χ2n) is 6.58. The molecule has 0 radical (unpaired) electrons. The first kappa shape index (κ1) is 20.9. The van der Waals surface area contributed by atoms with Crippen molar-refractivity contribution in [1.82, 2.24) is 10.3 Å². The minimum absolute atomic E-state index is 0.233. The van der Waals surface area contributed by atoms with E-state index in [2.05, 4.69) is 10.3 Å². The van der Waals surface area contributed by atoms with Gasteiger partial charge in [-0.1, -0.05) is 0 Å². The molecular weight excluding hydrogens is 387 g/mol. The summed E-state index contributed by atoms with van der Waals surface area (Å²) in [5, 5.41) is 13.6. The van der Waals surface area contributed by atoms with Crippen LogP contribution in [-0.2, 0) is 0 Å². The van der Waals surface area contributed by atoms with Crippen molar-refractivity contribution in [1.29, 1.82) is 0 Å². The number of phenols is 1. The number of halogens is 1. The predicted octanol–water partition coefficient (Wildman–Crippen LogP) is 3.02. The Labute approximate surface area is 173 Å². The Balaban J connectivity index is 1.99. The second kappa shape index (κ2) is 9.13. The van der Waals surface area contributed by atoms with Gasteiger partial charge in [-0.05, 0) is 37.3 Å². The summed E-state index contributed by atoms with van der Waals surface area (Å²) in [6.45, 7) is 2.62. The number of pyridine rings is 1. The number of rotatable bonds is 7. The van der Waals surface area contributed by atoms with E-state index in [9.17, 15) is 14.3 Å².